The number of hydrogen-bond acceptors (Lipinski definition) is 3. The van der Waals surface area contributed by atoms with Crippen molar-refractivity contribution in [3.8, 4) is 0 Å². The average molecular weight is 370 g/mol. The predicted molar refractivity (Wildman–Crippen MR) is 108 cm³/mol. The van der Waals surface area contributed by atoms with E-state index in [9.17, 15) is 9.18 Å². The zero-order valence-corrected chi connectivity index (χ0v) is 16.0. The summed E-state index contributed by atoms with van der Waals surface area (Å²) in [6, 6.07) is 12.9. The van der Waals surface area contributed by atoms with E-state index < -0.39 is 0 Å². The van der Waals surface area contributed by atoms with E-state index in [0.717, 1.165) is 43.0 Å². The zero-order valence-electron chi connectivity index (χ0n) is 16.0. The van der Waals surface area contributed by atoms with Crippen molar-refractivity contribution in [3.63, 3.8) is 0 Å². The highest BCUT2D eigenvalue weighted by Crippen LogP contribution is 2.36. The molecule has 2 aromatic carbocycles. The molecule has 2 heterocycles. The van der Waals surface area contributed by atoms with Gasteiger partial charge in [-0.05, 0) is 17.7 Å². The SMILES string of the molecule is CC.O=C1NCc2c(ccc(F)c2N2CCNCC2)N1Cc1ccccc1. The number of fused-ring (bicyclic) bond motifs is 1. The Hall–Kier alpha value is -2.60. The van der Waals surface area contributed by atoms with Crippen LogP contribution < -0.4 is 20.4 Å². The Kier molecular flexibility index (Phi) is 6.29. The Labute approximate surface area is 160 Å². The maximum absolute atomic E-state index is 14.6. The molecule has 0 atom stereocenters. The van der Waals surface area contributed by atoms with Crippen LogP contribution in [0.4, 0.5) is 20.6 Å². The number of urea groups is 1. The molecule has 1 saturated heterocycles. The predicted octanol–water partition coefficient (Wildman–Crippen LogP) is 3.49. The molecule has 0 saturated carbocycles. The Balaban J connectivity index is 0.00000102. The van der Waals surface area contributed by atoms with Crippen LogP contribution in [0.25, 0.3) is 0 Å². The van der Waals surface area contributed by atoms with Gasteiger partial charge in [0, 0.05) is 38.3 Å². The van der Waals surface area contributed by atoms with Crippen molar-refractivity contribution in [1.29, 1.82) is 0 Å². The highest BCUT2D eigenvalue weighted by Gasteiger charge is 2.29. The largest absolute Gasteiger partial charge is 0.366 e. The van der Waals surface area contributed by atoms with Crippen molar-refractivity contribution in [2.75, 3.05) is 36.0 Å². The number of carbonyl (C=O) groups is 1. The van der Waals surface area contributed by atoms with Crippen LogP contribution in [-0.4, -0.2) is 32.2 Å². The van der Waals surface area contributed by atoms with Gasteiger partial charge in [-0.15, -0.1) is 0 Å². The molecule has 0 spiro atoms. The van der Waals surface area contributed by atoms with Crippen LogP contribution >= 0.6 is 0 Å². The molecule has 2 amide bonds. The van der Waals surface area contributed by atoms with Gasteiger partial charge >= 0.3 is 6.03 Å². The van der Waals surface area contributed by atoms with Crippen molar-refractivity contribution in [2.45, 2.75) is 26.9 Å². The van der Waals surface area contributed by atoms with Crippen molar-refractivity contribution >= 4 is 17.4 Å². The quantitative estimate of drug-likeness (QED) is 0.869. The van der Waals surface area contributed by atoms with Crippen LogP contribution in [-0.2, 0) is 13.1 Å². The molecule has 1 fully saturated rings. The molecule has 6 heteroatoms. The fourth-order valence-corrected chi connectivity index (χ4v) is 3.55. The lowest BCUT2D eigenvalue weighted by molar-refractivity contribution is 0.244. The van der Waals surface area contributed by atoms with Crippen LogP contribution in [0.3, 0.4) is 0 Å². The third-order valence-corrected chi connectivity index (χ3v) is 4.78. The summed E-state index contributed by atoms with van der Waals surface area (Å²) in [4.78, 5) is 16.2. The Morgan fingerprint density at radius 2 is 1.74 bits per heavy atom. The molecule has 2 N–H and O–H groups in total. The number of benzene rings is 2. The van der Waals surface area contributed by atoms with E-state index in [-0.39, 0.29) is 11.8 Å². The van der Waals surface area contributed by atoms with E-state index in [0.29, 0.717) is 18.8 Å². The number of hydrogen-bond donors (Lipinski definition) is 2. The molecule has 0 aliphatic carbocycles. The molecule has 5 nitrogen and oxygen atoms in total. The van der Waals surface area contributed by atoms with Crippen LogP contribution in [0.1, 0.15) is 25.0 Å². The number of carbonyl (C=O) groups excluding carboxylic acids is 1. The van der Waals surface area contributed by atoms with Gasteiger partial charge in [-0.1, -0.05) is 44.2 Å². The third-order valence-electron chi connectivity index (χ3n) is 4.78. The summed E-state index contributed by atoms with van der Waals surface area (Å²) >= 11 is 0. The first-order chi connectivity index (χ1) is 13.2. The lowest BCUT2D eigenvalue weighted by Gasteiger charge is -2.36. The van der Waals surface area contributed by atoms with Gasteiger partial charge in [-0.3, -0.25) is 4.90 Å². The summed E-state index contributed by atoms with van der Waals surface area (Å²) in [7, 11) is 0. The van der Waals surface area contributed by atoms with Gasteiger partial charge in [0.2, 0.25) is 0 Å². The zero-order chi connectivity index (χ0) is 19.2. The standard InChI is InChI=1S/C19H21FN4O.C2H6/c20-16-6-7-17-15(18(16)23-10-8-21-9-11-23)12-22-19(25)24(17)13-14-4-2-1-3-5-14;1-2/h1-7,21H,8-13H2,(H,22,25);1-2H3. The second-order valence-corrected chi connectivity index (χ2v) is 6.36. The summed E-state index contributed by atoms with van der Waals surface area (Å²) in [5.74, 6) is -0.225. The monoisotopic (exact) mass is 370 g/mol. The molecule has 4 rings (SSSR count). The molecule has 0 radical (unpaired) electrons. The Bertz CT molecular complexity index is 775. The van der Waals surface area contributed by atoms with E-state index >= 15 is 0 Å². The van der Waals surface area contributed by atoms with Gasteiger partial charge in [0.1, 0.15) is 5.82 Å². The highest BCUT2D eigenvalue weighted by atomic mass is 19.1. The lowest BCUT2D eigenvalue weighted by Crippen LogP contribution is -2.47. The van der Waals surface area contributed by atoms with Crippen LogP contribution in [0.15, 0.2) is 42.5 Å². The fraction of sp³-hybridized carbons (Fsp3) is 0.381. The first kappa shape index (κ1) is 19.2. The smallest absolute Gasteiger partial charge is 0.322 e. The molecule has 144 valence electrons. The number of amides is 2. The third kappa shape index (κ3) is 4.06. The van der Waals surface area contributed by atoms with E-state index in [1.54, 1.807) is 11.0 Å². The Morgan fingerprint density at radius 3 is 2.44 bits per heavy atom. The molecule has 0 unspecified atom stereocenters. The van der Waals surface area contributed by atoms with E-state index in [1.165, 1.54) is 6.07 Å². The molecule has 2 aliphatic rings. The summed E-state index contributed by atoms with van der Waals surface area (Å²) in [5, 5.41) is 6.18. The summed E-state index contributed by atoms with van der Waals surface area (Å²) in [6.07, 6.45) is 0. The Morgan fingerprint density at radius 1 is 1.04 bits per heavy atom. The number of nitrogens with one attached hydrogen (secondary N) is 2. The average Bonchev–Trinajstić information content (AvgIpc) is 2.73. The van der Waals surface area contributed by atoms with Gasteiger partial charge in [0.15, 0.2) is 0 Å². The summed E-state index contributed by atoms with van der Waals surface area (Å²) < 4.78 is 14.6. The van der Waals surface area contributed by atoms with Crippen molar-refractivity contribution in [2.24, 2.45) is 0 Å². The maximum atomic E-state index is 14.6. The molecule has 0 aromatic heterocycles. The van der Waals surface area contributed by atoms with Crippen molar-refractivity contribution in [3.05, 3.63) is 59.4 Å². The van der Waals surface area contributed by atoms with Crippen LogP contribution in [0, 0.1) is 5.82 Å². The van der Waals surface area contributed by atoms with Crippen LogP contribution in [0.2, 0.25) is 0 Å². The van der Waals surface area contributed by atoms with Crippen molar-refractivity contribution < 1.29 is 9.18 Å². The normalized spacial score (nSPS) is 16.2. The molecule has 0 bridgehead atoms. The molecule has 27 heavy (non-hydrogen) atoms. The van der Waals surface area contributed by atoms with Gasteiger partial charge in [0.05, 0.1) is 17.9 Å². The second kappa shape index (κ2) is 8.86. The van der Waals surface area contributed by atoms with Gasteiger partial charge in [0.25, 0.3) is 0 Å². The number of rotatable bonds is 3. The summed E-state index contributed by atoms with van der Waals surface area (Å²) in [6.45, 7) is 8.02. The minimum absolute atomic E-state index is 0.144. The number of halogens is 1. The topological polar surface area (TPSA) is 47.6 Å². The molecule has 2 aliphatic heterocycles. The number of piperazine rings is 1. The fourth-order valence-electron chi connectivity index (χ4n) is 3.55. The van der Waals surface area contributed by atoms with Gasteiger partial charge < -0.3 is 15.5 Å². The number of anilines is 2. The summed E-state index contributed by atoms with van der Waals surface area (Å²) in [5.41, 5.74) is 3.32. The minimum Gasteiger partial charge on any atom is -0.366 e. The molecule has 2 aromatic rings. The first-order valence-corrected chi connectivity index (χ1v) is 9.60. The molecular weight excluding hydrogens is 343 g/mol. The van der Waals surface area contributed by atoms with E-state index in [4.69, 9.17) is 0 Å². The maximum Gasteiger partial charge on any atom is 0.322 e. The lowest BCUT2D eigenvalue weighted by atomic mass is 10.0. The van der Waals surface area contributed by atoms with Gasteiger partial charge in [-0.25, -0.2) is 9.18 Å². The van der Waals surface area contributed by atoms with Gasteiger partial charge in [-0.2, -0.15) is 0 Å². The number of nitrogens with zero attached hydrogens (tertiary/aromatic N) is 2. The minimum atomic E-state index is -0.225. The van der Waals surface area contributed by atoms with Crippen LogP contribution in [0.5, 0.6) is 0 Å². The van der Waals surface area contributed by atoms with Crippen molar-refractivity contribution in [1.82, 2.24) is 10.6 Å². The van der Waals surface area contributed by atoms with E-state index in [1.807, 2.05) is 44.2 Å². The van der Waals surface area contributed by atoms with E-state index in [2.05, 4.69) is 15.5 Å². The second-order valence-electron chi connectivity index (χ2n) is 6.36. The molecular formula is C21H27FN4O. The highest BCUT2D eigenvalue weighted by molar-refractivity contribution is 5.96. The first-order valence-electron chi connectivity index (χ1n) is 9.60.